The summed E-state index contributed by atoms with van der Waals surface area (Å²) in [6, 6.07) is -3.88. The number of aliphatic hydroxyl groups is 3. The number of primary amides is 1. The zero-order chi connectivity index (χ0) is 62.4. The van der Waals surface area contributed by atoms with Crippen LogP contribution in [-0.4, -0.2) is 199 Å². The number of hydroxylamine groups is 2. The molecule has 0 spiro atoms. The number of aliphatic hydroxyl groups excluding tert-OH is 3. The third kappa shape index (κ3) is 17.4. The molecule has 2 bridgehead atoms. The van der Waals surface area contributed by atoms with Gasteiger partial charge in [-0.1, -0.05) is 27.2 Å². The molecule has 12 N–H and O–H groups in total. The fourth-order valence-corrected chi connectivity index (χ4v) is 12.7. The van der Waals surface area contributed by atoms with Gasteiger partial charge in [0.15, 0.2) is 11.6 Å². The Bertz CT molecular complexity index is 2940. The number of fused-ring (bicyclic) bond motifs is 5. The van der Waals surface area contributed by atoms with E-state index in [2.05, 4.69) is 36.9 Å². The summed E-state index contributed by atoms with van der Waals surface area (Å²) in [5.74, 6) is -15.4. The van der Waals surface area contributed by atoms with Gasteiger partial charge in [-0.25, -0.2) is 4.79 Å². The van der Waals surface area contributed by atoms with Crippen molar-refractivity contribution in [2.75, 3.05) is 51.4 Å². The molecule has 1 unspecified atom stereocenters. The molecule has 31 heteroatoms. The van der Waals surface area contributed by atoms with Crippen molar-refractivity contribution in [2.24, 2.45) is 29.4 Å². The van der Waals surface area contributed by atoms with Crippen molar-refractivity contribution >= 4 is 110 Å². The predicted octanol–water partition coefficient (Wildman–Crippen LogP) is -3.31. The second-order valence-corrected chi connectivity index (χ2v) is 24.0. The Morgan fingerprint density at radius 1 is 0.906 bits per heavy atom. The Labute approximate surface area is 494 Å². The minimum Gasteiger partial charge on any atom is -0.496 e. The van der Waals surface area contributed by atoms with E-state index in [4.69, 9.17) is 15.3 Å². The lowest BCUT2D eigenvalue weighted by atomic mass is 9.85. The first-order chi connectivity index (χ1) is 40.3. The van der Waals surface area contributed by atoms with Gasteiger partial charge in [-0.3, -0.25) is 61.7 Å². The van der Waals surface area contributed by atoms with Crippen LogP contribution in [0.2, 0.25) is 0 Å². The maximum Gasteiger partial charge on any atom is 0.333 e. The largest absolute Gasteiger partial charge is 0.496 e. The summed E-state index contributed by atoms with van der Waals surface area (Å²) in [7, 11) is -1.06. The SMILES string of the molecule is CC[C@H](C)[C@@H]1CC(=O)CNC(=O)[C@H]2CC(=O)[C@H]([C@@H](C)[C@@H](O)CO)NC(=O)[C@@H]3C[C@@H](O)CN3C(=O)[C@H](CC(N)=O)NC(=O)[C@H](CS(=O)c3[nH]c4c(CSCCNC(=O)CCCC(=O)ON5C(=O)CCC5=O)c(OC)ccc4c3C2)NC(=O)CNC1=O. The highest BCUT2D eigenvalue weighted by Crippen LogP contribution is 2.37. The predicted molar refractivity (Wildman–Crippen MR) is 300 cm³/mol. The number of ether oxygens (including phenoxy) is 1. The summed E-state index contributed by atoms with van der Waals surface area (Å²) in [6.45, 7) is 2.11. The number of Topliss-reactive ketones (excluding diaryl/α,β-unsaturated/α-hetero) is 2. The third-order valence-electron chi connectivity index (χ3n) is 15.4. The molecule has 0 saturated carbocycles. The van der Waals surface area contributed by atoms with Crippen molar-refractivity contribution in [3.8, 4) is 5.75 Å². The number of hydrogen-bond donors (Lipinski definition) is 11. The van der Waals surface area contributed by atoms with Crippen LogP contribution in [0.15, 0.2) is 17.2 Å². The van der Waals surface area contributed by atoms with Gasteiger partial charge in [0.05, 0.1) is 73.5 Å². The van der Waals surface area contributed by atoms with E-state index in [0.717, 1.165) is 4.90 Å². The summed E-state index contributed by atoms with van der Waals surface area (Å²) in [5, 5.41) is 47.8. The van der Waals surface area contributed by atoms with E-state index in [-0.39, 0.29) is 55.0 Å². The zero-order valence-electron chi connectivity index (χ0n) is 47.5. The molecule has 2 aromatic rings. The fourth-order valence-electron chi connectivity index (χ4n) is 10.4. The smallest absolute Gasteiger partial charge is 0.333 e. The van der Waals surface area contributed by atoms with Crippen molar-refractivity contribution in [3.63, 3.8) is 0 Å². The Balaban J connectivity index is 1.43. The van der Waals surface area contributed by atoms with Gasteiger partial charge in [-0.15, -0.1) is 5.06 Å². The minimum absolute atomic E-state index is 0.0548. The van der Waals surface area contributed by atoms with Gasteiger partial charge in [-0.2, -0.15) is 11.8 Å². The van der Waals surface area contributed by atoms with Crippen LogP contribution in [-0.2, 0) is 90.1 Å². The summed E-state index contributed by atoms with van der Waals surface area (Å²) in [4.78, 5) is 185. The molecule has 0 radical (unpaired) electrons. The van der Waals surface area contributed by atoms with Crippen LogP contribution in [0.4, 0.5) is 0 Å². The molecule has 10 amide bonds. The number of carbonyl (C=O) groups is 13. The molecule has 4 aliphatic rings. The van der Waals surface area contributed by atoms with Crippen LogP contribution in [0.3, 0.4) is 0 Å². The van der Waals surface area contributed by atoms with Crippen molar-refractivity contribution in [1.29, 1.82) is 0 Å². The zero-order valence-corrected chi connectivity index (χ0v) is 49.2. The number of methoxy groups -OCH3 is 1. The number of benzene rings is 1. The van der Waals surface area contributed by atoms with E-state index in [1.54, 1.807) is 26.0 Å². The third-order valence-corrected chi connectivity index (χ3v) is 17.9. The monoisotopic (exact) mass is 1230 g/mol. The molecule has 2 fully saturated rings. The fraction of sp³-hybridized carbons (Fsp3) is 0.611. The normalized spacial score (nSPS) is 25.4. The molecule has 4 aliphatic heterocycles. The first-order valence-corrected chi connectivity index (χ1v) is 30.4. The molecule has 1 aromatic carbocycles. The maximum atomic E-state index is 15.3. The average Bonchev–Trinajstić information content (AvgIpc) is 2.03. The number of aromatic amines is 1. The molecule has 0 aliphatic carbocycles. The van der Waals surface area contributed by atoms with E-state index in [9.17, 15) is 77.6 Å². The van der Waals surface area contributed by atoms with Crippen molar-refractivity contribution in [3.05, 3.63) is 23.3 Å². The Kier molecular flexibility index (Phi) is 24.1. The lowest BCUT2D eigenvalue weighted by molar-refractivity contribution is -0.197. The first-order valence-electron chi connectivity index (χ1n) is 27.9. The van der Waals surface area contributed by atoms with Crippen LogP contribution < -0.4 is 42.4 Å². The van der Waals surface area contributed by atoms with Crippen molar-refractivity contribution < 1.29 is 91.4 Å². The Morgan fingerprint density at radius 3 is 2.28 bits per heavy atom. The van der Waals surface area contributed by atoms with E-state index < -0.39 is 212 Å². The molecule has 1 aromatic heterocycles. The van der Waals surface area contributed by atoms with Crippen LogP contribution in [0.1, 0.15) is 96.1 Å². The summed E-state index contributed by atoms with van der Waals surface area (Å²) >= 11 is 1.32. The van der Waals surface area contributed by atoms with Crippen molar-refractivity contribution in [1.82, 2.24) is 46.8 Å². The number of amides is 10. The summed E-state index contributed by atoms with van der Waals surface area (Å²) < 4.78 is 21.1. The number of thioether (sulfide) groups is 1. The maximum absolute atomic E-state index is 15.3. The van der Waals surface area contributed by atoms with Gasteiger partial charge < -0.3 is 72.4 Å². The number of imide groups is 1. The molecule has 2 saturated heterocycles. The van der Waals surface area contributed by atoms with E-state index >= 15 is 4.21 Å². The molecule has 85 heavy (non-hydrogen) atoms. The number of H-pyrrole nitrogens is 1. The summed E-state index contributed by atoms with van der Waals surface area (Å²) in [5.41, 5.74) is 6.47. The highest BCUT2D eigenvalue weighted by atomic mass is 32.2. The number of hydrogen-bond acceptors (Lipinski definition) is 20. The topological polar surface area (TPSA) is 439 Å². The Hall–Kier alpha value is -7.35. The van der Waals surface area contributed by atoms with Gasteiger partial charge in [0.25, 0.3) is 11.8 Å². The standard InChI is InChI=1S/C54H74N10O19S2/c1-5-26(2)32-17-29(66)20-57-49(76)28-15-33-31-9-10-40(82-4)34(24-84-14-13-56-42(71)7-6-8-46(75)83-64-44(73)11-12-45(64)74)48(31)62-53(33)85(81)25-36(59-43(72)21-58-50(32)77)51(78)60-35(19-41(55)70)54(80)63-22-30(67)18-37(63)52(79)61-47(38(68)16-28)27(3)39(69)23-65/h9-10,26-28,30,32,35-37,39,47,62,65,67,69H,5-8,11-25H2,1-4H3,(H2,55,70)(H,56,71)(H,57,76)(H,58,77)(H,59,72)(H,60,78)(H,61,79)/t26-,27-,28+,30+,32-,35-,36-,37-,39-,47-,85?/m0/s1. The highest BCUT2D eigenvalue weighted by Gasteiger charge is 2.45. The second kappa shape index (κ2) is 30.6. The highest BCUT2D eigenvalue weighted by molar-refractivity contribution is 7.98. The number of nitrogens with two attached hydrogens (primary N) is 1. The van der Waals surface area contributed by atoms with Gasteiger partial charge in [0.1, 0.15) is 28.9 Å². The minimum atomic E-state index is -2.45. The van der Waals surface area contributed by atoms with E-state index in [0.29, 0.717) is 39.5 Å². The Morgan fingerprint density at radius 2 is 1.61 bits per heavy atom. The van der Waals surface area contributed by atoms with Crippen LogP contribution in [0.25, 0.3) is 10.9 Å². The second-order valence-electron chi connectivity index (χ2n) is 21.5. The molecule has 6 rings (SSSR count). The molecular weight excluding hydrogens is 1160 g/mol. The van der Waals surface area contributed by atoms with Gasteiger partial charge in [0, 0.05) is 98.2 Å². The van der Waals surface area contributed by atoms with E-state index in [1.165, 1.54) is 25.8 Å². The van der Waals surface area contributed by atoms with Gasteiger partial charge >= 0.3 is 5.97 Å². The molecule has 29 nitrogen and oxygen atoms in total. The number of rotatable bonds is 18. The average molecular weight is 1230 g/mol. The molecular formula is C54H74N10O19S2. The van der Waals surface area contributed by atoms with Crippen LogP contribution in [0, 0.1) is 23.7 Å². The lowest BCUT2D eigenvalue weighted by Crippen LogP contribution is -2.60. The quantitative estimate of drug-likeness (QED) is 0.0514. The molecule has 11 atom stereocenters. The number of carbonyl (C=O) groups excluding carboxylic acids is 13. The number of aromatic nitrogens is 1. The van der Waals surface area contributed by atoms with Gasteiger partial charge in [0.2, 0.25) is 47.3 Å². The number of ketones is 2. The van der Waals surface area contributed by atoms with Crippen LogP contribution >= 0.6 is 11.8 Å². The van der Waals surface area contributed by atoms with Crippen LogP contribution in [0.5, 0.6) is 5.75 Å². The van der Waals surface area contributed by atoms with E-state index in [1.807, 2.05) is 0 Å². The van der Waals surface area contributed by atoms with Crippen molar-refractivity contribution in [2.45, 2.75) is 139 Å². The summed E-state index contributed by atoms with van der Waals surface area (Å²) in [6.07, 6.45) is -5.97. The number of nitrogens with one attached hydrogen (secondary N) is 7. The lowest BCUT2D eigenvalue weighted by Gasteiger charge is -2.32. The number of nitrogens with zero attached hydrogens (tertiary/aromatic N) is 2. The van der Waals surface area contributed by atoms with Gasteiger partial charge in [-0.05, 0) is 36.5 Å². The molecule has 466 valence electrons. The molecule has 5 heterocycles. The first kappa shape index (κ1) is 66.8.